The topological polar surface area (TPSA) is 99.9 Å². The van der Waals surface area contributed by atoms with Gasteiger partial charge in [0.25, 0.3) is 0 Å². The van der Waals surface area contributed by atoms with Crippen molar-refractivity contribution in [3.05, 3.63) is 30.9 Å². The van der Waals surface area contributed by atoms with Crippen molar-refractivity contribution in [1.82, 2.24) is 24.9 Å². The van der Waals surface area contributed by atoms with Gasteiger partial charge in [-0.25, -0.2) is 15.0 Å². The number of likely N-dealkylation sites (N-methyl/N-ethyl adjacent to an activating group) is 1. The number of hydrogen-bond donors (Lipinski definition) is 2. The molecule has 1 saturated heterocycles. The number of aromatic nitrogens is 5. The molecule has 8 heteroatoms. The van der Waals surface area contributed by atoms with Gasteiger partial charge < -0.3 is 20.5 Å². The Labute approximate surface area is 133 Å². The second-order valence-corrected chi connectivity index (χ2v) is 5.71. The van der Waals surface area contributed by atoms with Gasteiger partial charge in [0.05, 0.1) is 5.39 Å². The fraction of sp³-hybridized carbons (Fsp3) is 0.333. The van der Waals surface area contributed by atoms with Gasteiger partial charge >= 0.3 is 0 Å². The van der Waals surface area contributed by atoms with E-state index in [1.807, 2.05) is 25.4 Å². The second-order valence-electron chi connectivity index (χ2n) is 5.71. The summed E-state index contributed by atoms with van der Waals surface area (Å²) in [5, 5.41) is 1.06. The highest BCUT2D eigenvalue weighted by molar-refractivity contribution is 5.87. The van der Waals surface area contributed by atoms with Crippen LogP contribution in [-0.2, 0) is 0 Å². The van der Waals surface area contributed by atoms with Crippen LogP contribution in [0.4, 0.5) is 17.6 Å². The molecule has 1 atom stereocenters. The van der Waals surface area contributed by atoms with Gasteiger partial charge in [0, 0.05) is 38.6 Å². The number of rotatable bonds is 3. The summed E-state index contributed by atoms with van der Waals surface area (Å²) >= 11 is 0. The lowest BCUT2D eigenvalue weighted by atomic mass is 10.2. The molecule has 3 aromatic heterocycles. The van der Waals surface area contributed by atoms with Crippen molar-refractivity contribution in [2.24, 2.45) is 0 Å². The van der Waals surface area contributed by atoms with E-state index < -0.39 is 0 Å². The van der Waals surface area contributed by atoms with Gasteiger partial charge in [-0.15, -0.1) is 0 Å². The summed E-state index contributed by atoms with van der Waals surface area (Å²) in [7, 11) is 2.04. The molecular formula is C15H18N8. The Morgan fingerprint density at radius 3 is 3.09 bits per heavy atom. The smallest absolute Gasteiger partial charge is 0.221 e. The van der Waals surface area contributed by atoms with Crippen LogP contribution >= 0.6 is 0 Å². The Hall–Kier alpha value is -2.90. The van der Waals surface area contributed by atoms with Gasteiger partial charge in [-0.3, -0.25) is 0 Å². The highest BCUT2D eigenvalue weighted by Gasteiger charge is 2.28. The summed E-state index contributed by atoms with van der Waals surface area (Å²) in [6.07, 6.45) is 6.23. The van der Waals surface area contributed by atoms with Crippen LogP contribution in [0.15, 0.2) is 30.9 Å². The van der Waals surface area contributed by atoms with Crippen molar-refractivity contribution in [1.29, 1.82) is 0 Å². The van der Waals surface area contributed by atoms with Crippen LogP contribution in [0.3, 0.4) is 0 Å². The molecule has 0 aliphatic carbocycles. The molecule has 0 bridgehead atoms. The van der Waals surface area contributed by atoms with E-state index in [9.17, 15) is 0 Å². The summed E-state index contributed by atoms with van der Waals surface area (Å²) < 4.78 is 0. The van der Waals surface area contributed by atoms with Gasteiger partial charge in [0.15, 0.2) is 0 Å². The molecule has 0 aromatic carbocycles. The Bertz CT molecular complexity index is 829. The summed E-state index contributed by atoms with van der Waals surface area (Å²) in [5.74, 6) is 2.13. The Morgan fingerprint density at radius 1 is 1.30 bits per heavy atom. The first-order chi connectivity index (χ1) is 11.2. The molecule has 1 unspecified atom stereocenters. The van der Waals surface area contributed by atoms with Crippen LogP contribution in [-0.4, -0.2) is 51.1 Å². The first kappa shape index (κ1) is 13.7. The zero-order valence-corrected chi connectivity index (χ0v) is 12.8. The molecule has 0 amide bonds. The molecule has 4 rings (SSSR count). The molecule has 1 aliphatic heterocycles. The fourth-order valence-electron chi connectivity index (χ4n) is 3.11. The van der Waals surface area contributed by atoms with Crippen molar-refractivity contribution in [3.63, 3.8) is 0 Å². The van der Waals surface area contributed by atoms with Crippen LogP contribution in [0.2, 0.25) is 0 Å². The van der Waals surface area contributed by atoms with Crippen molar-refractivity contribution >= 4 is 28.6 Å². The maximum Gasteiger partial charge on any atom is 0.221 e. The van der Waals surface area contributed by atoms with Gasteiger partial charge in [-0.05, 0) is 18.6 Å². The number of hydrogen-bond acceptors (Lipinski definition) is 7. The molecule has 8 nitrogen and oxygen atoms in total. The zero-order chi connectivity index (χ0) is 15.8. The van der Waals surface area contributed by atoms with Gasteiger partial charge in [0.2, 0.25) is 5.95 Å². The molecule has 0 spiro atoms. The molecule has 23 heavy (non-hydrogen) atoms. The van der Waals surface area contributed by atoms with Crippen LogP contribution in [0.1, 0.15) is 6.42 Å². The van der Waals surface area contributed by atoms with E-state index in [-0.39, 0.29) is 0 Å². The monoisotopic (exact) mass is 310 g/mol. The number of nitrogens with one attached hydrogen (secondary N) is 1. The average Bonchev–Trinajstić information content (AvgIpc) is 3.23. The number of nitrogens with zero attached hydrogens (tertiary/aromatic N) is 6. The quantitative estimate of drug-likeness (QED) is 0.745. The Kier molecular flexibility index (Phi) is 3.22. The minimum atomic E-state index is 0.300. The predicted molar refractivity (Wildman–Crippen MR) is 89.4 cm³/mol. The van der Waals surface area contributed by atoms with Crippen molar-refractivity contribution < 1.29 is 0 Å². The summed E-state index contributed by atoms with van der Waals surface area (Å²) in [6, 6.07) is 4.26. The second kappa shape index (κ2) is 5.38. The summed E-state index contributed by atoms with van der Waals surface area (Å²) in [6.45, 7) is 1.84. The third kappa shape index (κ3) is 2.41. The first-order valence-electron chi connectivity index (χ1n) is 7.57. The van der Waals surface area contributed by atoms with Crippen molar-refractivity contribution in [3.8, 4) is 0 Å². The molecule has 4 heterocycles. The van der Waals surface area contributed by atoms with E-state index >= 15 is 0 Å². The number of nitrogen functional groups attached to an aromatic ring is 1. The van der Waals surface area contributed by atoms with Crippen LogP contribution in [0, 0.1) is 0 Å². The van der Waals surface area contributed by atoms with E-state index in [0.29, 0.717) is 12.0 Å². The minimum Gasteiger partial charge on any atom is -0.368 e. The fourth-order valence-corrected chi connectivity index (χ4v) is 3.11. The largest absolute Gasteiger partial charge is 0.368 e. The van der Waals surface area contributed by atoms with Crippen LogP contribution in [0.5, 0.6) is 0 Å². The number of fused-ring (bicyclic) bond motifs is 1. The maximum atomic E-state index is 5.68. The lowest BCUT2D eigenvalue weighted by Gasteiger charge is -2.26. The Morgan fingerprint density at radius 2 is 2.22 bits per heavy atom. The Balaban J connectivity index is 1.56. The number of H-pyrrole nitrogens is 1. The zero-order valence-electron chi connectivity index (χ0n) is 12.8. The van der Waals surface area contributed by atoms with E-state index in [0.717, 1.165) is 42.2 Å². The summed E-state index contributed by atoms with van der Waals surface area (Å²) in [4.78, 5) is 24.6. The van der Waals surface area contributed by atoms with E-state index in [2.05, 4.69) is 34.7 Å². The number of nitrogens with two attached hydrogens (primary N) is 1. The molecule has 118 valence electrons. The van der Waals surface area contributed by atoms with Gasteiger partial charge in [0.1, 0.15) is 23.6 Å². The molecule has 3 aromatic rings. The van der Waals surface area contributed by atoms with Crippen LogP contribution < -0.4 is 15.5 Å². The predicted octanol–water partition coefficient (Wildman–Crippen LogP) is 1.05. The van der Waals surface area contributed by atoms with Gasteiger partial charge in [-0.1, -0.05) is 0 Å². The SMILES string of the molecule is CN(c1ccnc(N)n1)C1CCN(c2ncnc3[nH]ccc23)C1. The minimum absolute atomic E-state index is 0.300. The van der Waals surface area contributed by atoms with E-state index in [1.165, 1.54) is 0 Å². The third-order valence-corrected chi connectivity index (χ3v) is 4.36. The normalized spacial score (nSPS) is 17.8. The molecular weight excluding hydrogens is 292 g/mol. The van der Waals surface area contributed by atoms with Crippen molar-refractivity contribution in [2.45, 2.75) is 12.5 Å². The molecule has 0 saturated carbocycles. The van der Waals surface area contributed by atoms with E-state index in [4.69, 9.17) is 5.73 Å². The lowest BCUT2D eigenvalue weighted by molar-refractivity contribution is 0.684. The third-order valence-electron chi connectivity index (χ3n) is 4.36. The average molecular weight is 310 g/mol. The van der Waals surface area contributed by atoms with Crippen LogP contribution in [0.25, 0.3) is 11.0 Å². The van der Waals surface area contributed by atoms with Gasteiger partial charge in [-0.2, -0.15) is 4.98 Å². The van der Waals surface area contributed by atoms with E-state index in [1.54, 1.807) is 12.5 Å². The van der Waals surface area contributed by atoms with Crippen molar-refractivity contribution in [2.75, 3.05) is 35.7 Å². The maximum absolute atomic E-state index is 5.68. The number of aromatic amines is 1. The molecule has 0 radical (unpaired) electrons. The number of anilines is 3. The standard InChI is InChI=1S/C15H18N8/c1-22(12-3-6-18-15(16)21-12)10-4-7-23(8-10)14-11-2-5-17-13(11)19-9-20-14/h2-3,5-6,9-10H,4,7-8H2,1H3,(H2,16,18,21)(H,17,19,20). The molecule has 3 N–H and O–H groups in total. The molecule has 1 fully saturated rings. The summed E-state index contributed by atoms with van der Waals surface area (Å²) in [5.41, 5.74) is 6.55. The highest BCUT2D eigenvalue weighted by Crippen LogP contribution is 2.27. The molecule has 1 aliphatic rings. The lowest BCUT2D eigenvalue weighted by Crippen LogP contribution is -2.35. The first-order valence-corrected chi connectivity index (χ1v) is 7.57. The highest BCUT2D eigenvalue weighted by atomic mass is 15.3.